The molecule has 2 rings (SSSR count). The number of aromatic nitrogens is 2. The van der Waals surface area contributed by atoms with E-state index in [1.54, 1.807) is 6.20 Å². The molecular formula is C15H26ClN3O. The molecule has 0 bridgehead atoms. The van der Waals surface area contributed by atoms with Gasteiger partial charge >= 0.3 is 0 Å². The second-order valence-corrected chi connectivity index (χ2v) is 6.31. The number of hydrogen-bond acceptors (Lipinski definition) is 3. The van der Waals surface area contributed by atoms with Crippen LogP contribution in [0.4, 0.5) is 0 Å². The lowest BCUT2D eigenvalue weighted by molar-refractivity contribution is -0.0976. The summed E-state index contributed by atoms with van der Waals surface area (Å²) in [5.74, 6) is 0.781. The summed E-state index contributed by atoms with van der Waals surface area (Å²) in [7, 11) is 3.92. The van der Waals surface area contributed by atoms with Gasteiger partial charge in [-0.15, -0.1) is 0 Å². The van der Waals surface area contributed by atoms with Gasteiger partial charge < -0.3 is 10.1 Å². The van der Waals surface area contributed by atoms with Gasteiger partial charge in [0.1, 0.15) is 0 Å². The van der Waals surface area contributed by atoms with Crippen LogP contribution in [0.5, 0.6) is 0 Å². The summed E-state index contributed by atoms with van der Waals surface area (Å²) in [5.41, 5.74) is 0.852. The lowest BCUT2D eigenvalue weighted by atomic mass is 9.74. The normalized spacial score (nSPS) is 28.6. The van der Waals surface area contributed by atoms with E-state index in [1.807, 2.05) is 18.8 Å². The van der Waals surface area contributed by atoms with E-state index in [1.165, 1.54) is 12.8 Å². The second-order valence-electron chi connectivity index (χ2n) is 5.90. The van der Waals surface area contributed by atoms with Crippen molar-refractivity contribution in [2.24, 2.45) is 13.0 Å². The lowest BCUT2D eigenvalue weighted by Crippen LogP contribution is -2.48. The number of aryl methyl sites for hydroxylation is 1. The average Bonchev–Trinajstić information content (AvgIpc) is 2.75. The zero-order valence-corrected chi connectivity index (χ0v) is 13.7. The van der Waals surface area contributed by atoms with Crippen LogP contribution >= 0.6 is 11.6 Å². The van der Waals surface area contributed by atoms with Gasteiger partial charge in [-0.3, -0.25) is 4.68 Å². The van der Waals surface area contributed by atoms with Crippen LogP contribution in [0.3, 0.4) is 0 Å². The number of nitrogens with zero attached hydrogens (tertiary/aromatic N) is 2. The van der Waals surface area contributed by atoms with E-state index >= 15 is 0 Å². The minimum atomic E-state index is -0.173. The van der Waals surface area contributed by atoms with Crippen LogP contribution in [0, 0.1) is 5.92 Å². The van der Waals surface area contributed by atoms with Gasteiger partial charge in [-0.25, -0.2) is 0 Å². The van der Waals surface area contributed by atoms with Crippen molar-refractivity contribution >= 4 is 11.6 Å². The molecule has 1 unspecified atom stereocenters. The van der Waals surface area contributed by atoms with Gasteiger partial charge in [-0.2, -0.15) is 5.10 Å². The third kappa shape index (κ3) is 2.87. The lowest BCUT2D eigenvalue weighted by Gasteiger charge is -2.44. The summed E-state index contributed by atoms with van der Waals surface area (Å²) >= 11 is 6.35. The van der Waals surface area contributed by atoms with Gasteiger partial charge in [0.05, 0.1) is 28.6 Å². The van der Waals surface area contributed by atoms with Crippen LogP contribution in [0.2, 0.25) is 5.02 Å². The molecule has 1 N–H and O–H groups in total. The minimum Gasteiger partial charge on any atom is -0.373 e. The molecule has 20 heavy (non-hydrogen) atoms. The molecule has 0 aromatic carbocycles. The predicted molar refractivity (Wildman–Crippen MR) is 82.0 cm³/mol. The fourth-order valence-electron chi connectivity index (χ4n) is 3.45. The monoisotopic (exact) mass is 299 g/mol. The van der Waals surface area contributed by atoms with Gasteiger partial charge in [0.2, 0.25) is 0 Å². The summed E-state index contributed by atoms with van der Waals surface area (Å²) in [6, 6.07) is 0.0787. The number of rotatable bonds is 5. The summed E-state index contributed by atoms with van der Waals surface area (Å²) in [6.07, 6.45) is 6.25. The molecule has 1 aliphatic rings. The molecule has 0 amide bonds. The summed E-state index contributed by atoms with van der Waals surface area (Å²) < 4.78 is 8.11. The predicted octanol–water partition coefficient (Wildman–Crippen LogP) is 3.32. The standard InChI is InChI=1S/C15H26ClN3O/c1-5-20-15(8-6-11(2)7-9-15)14(17-3)13-12(16)10-18-19(13)4/h10-11,14,17H,5-9H2,1-4H3. The number of ether oxygens (including phenoxy) is 1. The van der Waals surface area contributed by atoms with E-state index in [9.17, 15) is 0 Å². The molecule has 1 atom stereocenters. The van der Waals surface area contributed by atoms with Crippen LogP contribution < -0.4 is 5.32 Å². The Balaban J connectivity index is 2.35. The Morgan fingerprint density at radius 1 is 1.55 bits per heavy atom. The Labute approximate surface area is 126 Å². The van der Waals surface area contributed by atoms with Crippen molar-refractivity contribution < 1.29 is 4.74 Å². The second kappa shape index (κ2) is 6.46. The molecule has 1 aliphatic carbocycles. The molecule has 4 nitrogen and oxygen atoms in total. The van der Waals surface area contributed by atoms with Crippen LogP contribution in [0.25, 0.3) is 0 Å². The molecule has 5 heteroatoms. The highest BCUT2D eigenvalue weighted by atomic mass is 35.5. The Kier molecular flexibility index (Phi) is 5.10. The molecular weight excluding hydrogens is 274 g/mol. The molecule has 0 spiro atoms. The average molecular weight is 300 g/mol. The van der Waals surface area contributed by atoms with Crippen molar-refractivity contribution in [3.63, 3.8) is 0 Å². The van der Waals surface area contributed by atoms with Crippen LogP contribution in [0.15, 0.2) is 6.20 Å². The maximum Gasteiger partial charge on any atom is 0.0892 e. The van der Waals surface area contributed by atoms with Crippen molar-refractivity contribution in [1.82, 2.24) is 15.1 Å². The zero-order valence-electron chi connectivity index (χ0n) is 12.9. The fourth-order valence-corrected chi connectivity index (χ4v) is 3.72. The Hall–Kier alpha value is -0.580. The SMILES string of the molecule is CCOC1(C(NC)c2c(Cl)cnn2C)CCC(C)CC1. The quantitative estimate of drug-likeness (QED) is 0.906. The highest BCUT2D eigenvalue weighted by Crippen LogP contribution is 2.44. The summed E-state index contributed by atoms with van der Waals surface area (Å²) in [5, 5.41) is 8.41. The molecule has 1 fully saturated rings. The van der Waals surface area contributed by atoms with Gasteiger partial charge in [0.15, 0.2) is 0 Å². The number of nitrogens with one attached hydrogen (secondary N) is 1. The highest BCUT2D eigenvalue weighted by Gasteiger charge is 2.44. The maximum atomic E-state index is 6.35. The number of hydrogen-bond donors (Lipinski definition) is 1. The maximum absolute atomic E-state index is 6.35. The molecule has 1 aromatic rings. The molecule has 1 saturated carbocycles. The Morgan fingerprint density at radius 2 is 2.20 bits per heavy atom. The topological polar surface area (TPSA) is 39.1 Å². The minimum absolute atomic E-state index is 0.0787. The van der Waals surface area contributed by atoms with Crippen molar-refractivity contribution in [3.05, 3.63) is 16.9 Å². The van der Waals surface area contributed by atoms with Gasteiger partial charge in [0, 0.05) is 13.7 Å². The molecule has 0 aliphatic heterocycles. The first-order valence-electron chi connectivity index (χ1n) is 7.52. The van der Waals surface area contributed by atoms with Crippen molar-refractivity contribution in [1.29, 1.82) is 0 Å². The van der Waals surface area contributed by atoms with E-state index in [2.05, 4.69) is 24.3 Å². The first-order valence-corrected chi connectivity index (χ1v) is 7.90. The number of likely N-dealkylation sites (N-methyl/N-ethyl adjacent to an activating group) is 1. The van der Waals surface area contributed by atoms with Crippen LogP contribution in [-0.4, -0.2) is 29.0 Å². The molecule has 114 valence electrons. The van der Waals surface area contributed by atoms with E-state index in [4.69, 9.17) is 16.3 Å². The zero-order chi connectivity index (χ0) is 14.8. The van der Waals surface area contributed by atoms with E-state index in [-0.39, 0.29) is 11.6 Å². The van der Waals surface area contributed by atoms with Crippen molar-refractivity contribution in [2.75, 3.05) is 13.7 Å². The summed E-state index contributed by atoms with van der Waals surface area (Å²) in [4.78, 5) is 0. The van der Waals surface area contributed by atoms with Crippen molar-refractivity contribution in [2.45, 2.75) is 51.2 Å². The van der Waals surface area contributed by atoms with E-state index in [0.29, 0.717) is 5.02 Å². The van der Waals surface area contributed by atoms with E-state index < -0.39 is 0 Å². The van der Waals surface area contributed by atoms with E-state index in [0.717, 1.165) is 31.1 Å². The van der Waals surface area contributed by atoms with Crippen molar-refractivity contribution in [3.8, 4) is 0 Å². The fraction of sp³-hybridized carbons (Fsp3) is 0.800. The molecule has 0 saturated heterocycles. The highest BCUT2D eigenvalue weighted by molar-refractivity contribution is 6.31. The molecule has 1 aromatic heterocycles. The van der Waals surface area contributed by atoms with Gasteiger partial charge in [0.25, 0.3) is 0 Å². The largest absolute Gasteiger partial charge is 0.373 e. The Morgan fingerprint density at radius 3 is 2.65 bits per heavy atom. The smallest absolute Gasteiger partial charge is 0.0892 e. The summed E-state index contributed by atoms with van der Waals surface area (Å²) in [6.45, 7) is 5.11. The number of halogens is 1. The van der Waals surface area contributed by atoms with Crippen LogP contribution in [0.1, 0.15) is 51.3 Å². The molecule has 1 heterocycles. The first-order chi connectivity index (χ1) is 9.54. The third-order valence-corrected chi connectivity index (χ3v) is 4.87. The van der Waals surface area contributed by atoms with Gasteiger partial charge in [-0.1, -0.05) is 18.5 Å². The van der Waals surface area contributed by atoms with Crippen LogP contribution in [-0.2, 0) is 11.8 Å². The molecule has 0 radical (unpaired) electrons. The Bertz CT molecular complexity index is 419. The van der Waals surface area contributed by atoms with Gasteiger partial charge in [-0.05, 0) is 45.6 Å². The third-order valence-electron chi connectivity index (χ3n) is 4.58. The first kappa shape index (κ1) is 15.8.